The summed E-state index contributed by atoms with van der Waals surface area (Å²) >= 11 is 0. The zero-order chi connectivity index (χ0) is 18.5. The van der Waals surface area contributed by atoms with Gasteiger partial charge >= 0.3 is 11.9 Å². The highest BCUT2D eigenvalue weighted by molar-refractivity contribution is 5.95. The first-order chi connectivity index (χ1) is 12.6. The number of benzene rings is 1. The average molecular weight is 358 g/mol. The Hall–Kier alpha value is -2.83. The molecule has 26 heavy (non-hydrogen) atoms. The fourth-order valence-electron chi connectivity index (χ4n) is 3.10. The molecule has 7 heteroatoms. The highest BCUT2D eigenvalue weighted by Gasteiger charge is 2.28. The summed E-state index contributed by atoms with van der Waals surface area (Å²) in [6.07, 6.45) is 1.14. The van der Waals surface area contributed by atoms with Crippen molar-refractivity contribution in [2.24, 2.45) is 5.92 Å². The van der Waals surface area contributed by atoms with E-state index in [1.165, 1.54) is 0 Å². The molecule has 0 unspecified atom stereocenters. The standard InChI is InChI=1S/C19H22N2O5/c1-2-25-18(23)13-7-9-21(10-8-13)17(22)12-26-19(24)16-11-14-5-3-4-6-15(14)20-16/h3-6,11,13,20H,2,7-10,12H2,1H3. The fraction of sp³-hybridized carbons (Fsp3) is 0.421. The average Bonchev–Trinajstić information content (AvgIpc) is 3.10. The van der Waals surface area contributed by atoms with Gasteiger partial charge in [0.25, 0.3) is 5.91 Å². The Morgan fingerprint density at radius 1 is 1.15 bits per heavy atom. The number of fused-ring (bicyclic) bond motifs is 1. The minimum atomic E-state index is -0.559. The van der Waals surface area contributed by atoms with Crippen molar-refractivity contribution in [1.82, 2.24) is 9.88 Å². The van der Waals surface area contributed by atoms with Crippen LogP contribution in [-0.4, -0.2) is 54.0 Å². The number of hydrogen-bond donors (Lipinski definition) is 1. The number of piperidine rings is 1. The third-order valence-electron chi connectivity index (χ3n) is 4.54. The molecule has 2 heterocycles. The molecular formula is C19H22N2O5. The second-order valence-electron chi connectivity index (χ2n) is 6.25. The second kappa shape index (κ2) is 8.03. The number of nitrogens with one attached hydrogen (secondary N) is 1. The van der Waals surface area contributed by atoms with Crippen LogP contribution >= 0.6 is 0 Å². The Morgan fingerprint density at radius 2 is 1.88 bits per heavy atom. The van der Waals surface area contributed by atoms with Crippen LogP contribution < -0.4 is 0 Å². The molecule has 1 fully saturated rings. The first kappa shape index (κ1) is 18.0. The highest BCUT2D eigenvalue weighted by Crippen LogP contribution is 2.19. The smallest absolute Gasteiger partial charge is 0.355 e. The van der Waals surface area contributed by atoms with Gasteiger partial charge in [0.05, 0.1) is 12.5 Å². The molecular weight excluding hydrogens is 336 g/mol. The number of hydrogen-bond acceptors (Lipinski definition) is 5. The van der Waals surface area contributed by atoms with Gasteiger partial charge in [-0.3, -0.25) is 9.59 Å². The zero-order valence-corrected chi connectivity index (χ0v) is 14.7. The molecule has 0 aliphatic carbocycles. The Morgan fingerprint density at radius 3 is 2.58 bits per heavy atom. The molecule has 0 saturated carbocycles. The van der Waals surface area contributed by atoms with Gasteiger partial charge < -0.3 is 19.4 Å². The van der Waals surface area contributed by atoms with Crippen LogP contribution in [0.1, 0.15) is 30.3 Å². The lowest BCUT2D eigenvalue weighted by Gasteiger charge is -2.30. The van der Waals surface area contributed by atoms with Crippen molar-refractivity contribution < 1.29 is 23.9 Å². The maximum atomic E-state index is 12.2. The number of amides is 1. The van der Waals surface area contributed by atoms with Crippen molar-refractivity contribution in [2.75, 3.05) is 26.3 Å². The van der Waals surface area contributed by atoms with Crippen LogP contribution in [0.4, 0.5) is 0 Å². The van der Waals surface area contributed by atoms with Crippen LogP contribution in [0, 0.1) is 5.92 Å². The number of carbonyl (C=O) groups excluding carboxylic acids is 3. The first-order valence-electron chi connectivity index (χ1n) is 8.77. The summed E-state index contributed by atoms with van der Waals surface area (Å²) in [6.45, 7) is 2.76. The number of aromatic nitrogens is 1. The predicted octanol–water partition coefficient (Wildman–Crippen LogP) is 2.13. The number of nitrogens with zero attached hydrogens (tertiary/aromatic N) is 1. The maximum absolute atomic E-state index is 12.2. The topological polar surface area (TPSA) is 88.7 Å². The van der Waals surface area contributed by atoms with Crippen molar-refractivity contribution in [1.29, 1.82) is 0 Å². The van der Waals surface area contributed by atoms with Gasteiger partial charge in [-0.05, 0) is 31.9 Å². The largest absolute Gasteiger partial charge is 0.466 e. The number of likely N-dealkylation sites (tertiary alicyclic amines) is 1. The van der Waals surface area contributed by atoms with Crippen LogP contribution in [0.5, 0.6) is 0 Å². The first-order valence-corrected chi connectivity index (χ1v) is 8.77. The summed E-state index contributed by atoms with van der Waals surface area (Å²) in [5, 5.41) is 0.909. The molecule has 0 atom stereocenters. The van der Waals surface area contributed by atoms with E-state index in [-0.39, 0.29) is 24.4 Å². The van der Waals surface area contributed by atoms with Crippen LogP contribution in [0.2, 0.25) is 0 Å². The van der Waals surface area contributed by atoms with Gasteiger partial charge in [-0.2, -0.15) is 0 Å². The molecule has 1 N–H and O–H groups in total. The third-order valence-corrected chi connectivity index (χ3v) is 4.54. The molecule has 1 aromatic carbocycles. The van der Waals surface area contributed by atoms with Gasteiger partial charge in [0.2, 0.25) is 0 Å². The van der Waals surface area contributed by atoms with Gasteiger partial charge in [0.15, 0.2) is 6.61 Å². The van der Waals surface area contributed by atoms with Crippen molar-refractivity contribution in [3.05, 3.63) is 36.0 Å². The number of H-pyrrole nitrogens is 1. The van der Waals surface area contributed by atoms with E-state index < -0.39 is 5.97 Å². The molecule has 7 nitrogen and oxygen atoms in total. The van der Waals surface area contributed by atoms with E-state index in [0.29, 0.717) is 38.2 Å². The molecule has 1 aliphatic heterocycles. The lowest BCUT2D eigenvalue weighted by molar-refractivity contribution is -0.151. The van der Waals surface area contributed by atoms with Crippen LogP contribution in [0.15, 0.2) is 30.3 Å². The molecule has 2 aromatic rings. The van der Waals surface area contributed by atoms with E-state index >= 15 is 0 Å². The van der Waals surface area contributed by atoms with Crippen LogP contribution in [0.3, 0.4) is 0 Å². The molecule has 1 aliphatic rings. The second-order valence-corrected chi connectivity index (χ2v) is 6.25. The molecule has 0 spiro atoms. The Bertz CT molecular complexity index is 772. The minimum Gasteiger partial charge on any atom is -0.466 e. The summed E-state index contributed by atoms with van der Waals surface area (Å²) in [7, 11) is 0. The summed E-state index contributed by atoms with van der Waals surface area (Å²) in [5.41, 5.74) is 1.16. The van der Waals surface area contributed by atoms with E-state index in [4.69, 9.17) is 9.47 Å². The van der Waals surface area contributed by atoms with Gasteiger partial charge in [-0.25, -0.2) is 4.79 Å². The monoisotopic (exact) mass is 358 g/mol. The normalized spacial score (nSPS) is 15.0. The molecule has 0 bridgehead atoms. The number of esters is 2. The summed E-state index contributed by atoms with van der Waals surface area (Å²) < 4.78 is 10.1. The minimum absolute atomic E-state index is 0.159. The lowest BCUT2D eigenvalue weighted by atomic mass is 9.97. The van der Waals surface area contributed by atoms with Crippen LogP contribution in [-0.2, 0) is 19.1 Å². The number of ether oxygens (including phenoxy) is 2. The quantitative estimate of drug-likeness (QED) is 0.827. The maximum Gasteiger partial charge on any atom is 0.355 e. The number of carbonyl (C=O) groups is 3. The Balaban J connectivity index is 1.48. The van der Waals surface area contributed by atoms with E-state index in [9.17, 15) is 14.4 Å². The Labute approximate surface area is 151 Å². The number of rotatable bonds is 5. The molecule has 1 amide bonds. The van der Waals surface area contributed by atoms with Gasteiger partial charge in [-0.1, -0.05) is 18.2 Å². The SMILES string of the molecule is CCOC(=O)C1CCN(C(=O)COC(=O)c2cc3ccccc3[nH]2)CC1. The van der Waals surface area contributed by atoms with Gasteiger partial charge in [0, 0.05) is 24.0 Å². The van der Waals surface area contributed by atoms with Crippen LogP contribution in [0.25, 0.3) is 10.9 Å². The van der Waals surface area contributed by atoms with E-state index in [1.54, 1.807) is 17.9 Å². The van der Waals surface area contributed by atoms with Gasteiger partial charge in [0.1, 0.15) is 5.69 Å². The van der Waals surface area contributed by atoms with Crippen molar-refractivity contribution >= 4 is 28.7 Å². The lowest BCUT2D eigenvalue weighted by Crippen LogP contribution is -2.42. The fourth-order valence-corrected chi connectivity index (χ4v) is 3.10. The van der Waals surface area contributed by atoms with E-state index in [2.05, 4.69) is 4.98 Å². The molecule has 1 saturated heterocycles. The van der Waals surface area contributed by atoms with Crippen molar-refractivity contribution in [3.8, 4) is 0 Å². The zero-order valence-electron chi connectivity index (χ0n) is 14.7. The number of para-hydroxylation sites is 1. The van der Waals surface area contributed by atoms with E-state index in [0.717, 1.165) is 10.9 Å². The molecule has 0 radical (unpaired) electrons. The molecule has 1 aromatic heterocycles. The summed E-state index contributed by atoms with van der Waals surface area (Å²) in [6, 6.07) is 9.21. The summed E-state index contributed by atoms with van der Waals surface area (Å²) in [5.74, 6) is -1.18. The third kappa shape index (κ3) is 4.04. The van der Waals surface area contributed by atoms with E-state index in [1.807, 2.05) is 24.3 Å². The molecule has 3 rings (SSSR count). The van der Waals surface area contributed by atoms with Crippen molar-refractivity contribution in [2.45, 2.75) is 19.8 Å². The Kier molecular flexibility index (Phi) is 5.55. The molecule has 138 valence electrons. The van der Waals surface area contributed by atoms with Crippen molar-refractivity contribution in [3.63, 3.8) is 0 Å². The van der Waals surface area contributed by atoms with Gasteiger partial charge in [-0.15, -0.1) is 0 Å². The predicted molar refractivity (Wildman–Crippen MR) is 94.5 cm³/mol. The highest BCUT2D eigenvalue weighted by atomic mass is 16.5. The number of aromatic amines is 1. The summed E-state index contributed by atoms with van der Waals surface area (Å²) in [4.78, 5) is 40.7.